The van der Waals surface area contributed by atoms with Crippen LogP contribution in [0, 0.1) is 11.6 Å². The summed E-state index contributed by atoms with van der Waals surface area (Å²) in [7, 11) is 0. The van der Waals surface area contributed by atoms with E-state index in [1.807, 2.05) is 13.8 Å². The normalized spacial score (nSPS) is 11.6. The average Bonchev–Trinajstić information content (AvgIpc) is 2.27. The summed E-state index contributed by atoms with van der Waals surface area (Å²) in [5.41, 5.74) is -0.180. The molecule has 0 saturated heterocycles. The SMILES string of the molecule is CC(=O)CCNCC(C)(C)c1cc(F)ccc1F. The Morgan fingerprint density at radius 2 is 2.00 bits per heavy atom. The molecule has 18 heavy (non-hydrogen) atoms. The van der Waals surface area contributed by atoms with Crippen LogP contribution >= 0.6 is 0 Å². The van der Waals surface area contributed by atoms with E-state index in [1.165, 1.54) is 13.0 Å². The van der Waals surface area contributed by atoms with E-state index in [1.54, 1.807) is 0 Å². The summed E-state index contributed by atoms with van der Waals surface area (Å²) in [6, 6.07) is 3.47. The number of hydrogen-bond acceptors (Lipinski definition) is 2. The molecule has 0 fully saturated rings. The van der Waals surface area contributed by atoms with Crippen LogP contribution in [0.4, 0.5) is 8.78 Å². The number of rotatable bonds is 6. The van der Waals surface area contributed by atoms with E-state index in [9.17, 15) is 13.6 Å². The van der Waals surface area contributed by atoms with Crippen LogP contribution in [0.25, 0.3) is 0 Å². The number of hydrogen-bond donors (Lipinski definition) is 1. The molecule has 0 aliphatic carbocycles. The van der Waals surface area contributed by atoms with Crippen LogP contribution in [0.15, 0.2) is 18.2 Å². The minimum Gasteiger partial charge on any atom is -0.315 e. The Labute approximate surface area is 106 Å². The Bertz CT molecular complexity index is 430. The molecular weight excluding hydrogens is 236 g/mol. The van der Waals surface area contributed by atoms with Crippen molar-refractivity contribution in [2.45, 2.75) is 32.6 Å². The van der Waals surface area contributed by atoms with Crippen molar-refractivity contribution < 1.29 is 13.6 Å². The smallest absolute Gasteiger partial charge is 0.131 e. The van der Waals surface area contributed by atoms with Gasteiger partial charge in [0.2, 0.25) is 0 Å². The monoisotopic (exact) mass is 255 g/mol. The van der Waals surface area contributed by atoms with Gasteiger partial charge in [-0.25, -0.2) is 8.78 Å². The van der Waals surface area contributed by atoms with Crippen molar-refractivity contribution in [2.24, 2.45) is 0 Å². The number of carbonyl (C=O) groups is 1. The fraction of sp³-hybridized carbons (Fsp3) is 0.500. The lowest BCUT2D eigenvalue weighted by Gasteiger charge is -2.26. The summed E-state index contributed by atoms with van der Waals surface area (Å²) in [4.78, 5) is 10.8. The zero-order chi connectivity index (χ0) is 13.8. The predicted octanol–water partition coefficient (Wildman–Crippen LogP) is 2.81. The minimum absolute atomic E-state index is 0.109. The van der Waals surface area contributed by atoms with E-state index in [0.29, 0.717) is 25.1 Å². The topological polar surface area (TPSA) is 29.1 Å². The molecule has 0 aliphatic heterocycles. The van der Waals surface area contributed by atoms with Crippen molar-refractivity contribution in [1.29, 1.82) is 0 Å². The zero-order valence-electron chi connectivity index (χ0n) is 11.0. The summed E-state index contributed by atoms with van der Waals surface area (Å²) in [6.45, 7) is 6.24. The second-order valence-corrected chi connectivity index (χ2v) is 5.14. The second kappa shape index (κ2) is 6.05. The molecule has 0 bridgehead atoms. The van der Waals surface area contributed by atoms with E-state index in [2.05, 4.69) is 5.32 Å². The summed E-state index contributed by atoms with van der Waals surface area (Å²) < 4.78 is 26.8. The quantitative estimate of drug-likeness (QED) is 0.792. The Hall–Kier alpha value is -1.29. The van der Waals surface area contributed by atoms with E-state index in [-0.39, 0.29) is 5.78 Å². The molecule has 0 saturated carbocycles. The molecule has 1 aromatic rings. The molecule has 1 aromatic carbocycles. The Kier molecular flexibility index (Phi) is 4.96. The van der Waals surface area contributed by atoms with Crippen LogP contribution in [0.2, 0.25) is 0 Å². The molecule has 0 atom stereocenters. The van der Waals surface area contributed by atoms with Gasteiger partial charge in [-0.3, -0.25) is 4.79 Å². The van der Waals surface area contributed by atoms with Gasteiger partial charge in [0, 0.05) is 24.9 Å². The average molecular weight is 255 g/mol. The van der Waals surface area contributed by atoms with Gasteiger partial charge in [-0.05, 0) is 30.7 Å². The first-order chi connectivity index (χ1) is 8.33. The first kappa shape index (κ1) is 14.8. The summed E-state index contributed by atoms with van der Waals surface area (Å²) in [6.07, 6.45) is 0.446. The molecule has 0 radical (unpaired) electrons. The zero-order valence-corrected chi connectivity index (χ0v) is 11.0. The lowest BCUT2D eigenvalue weighted by atomic mass is 9.84. The third-order valence-electron chi connectivity index (χ3n) is 2.88. The third-order valence-corrected chi connectivity index (χ3v) is 2.88. The molecule has 0 aromatic heterocycles. The highest BCUT2D eigenvalue weighted by Crippen LogP contribution is 2.25. The van der Waals surface area contributed by atoms with Crippen molar-refractivity contribution in [1.82, 2.24) is 5.32 Å². The predicted molar refractivity (Wildman–Crippen MR) is 67.6 cm³/mol. The Balaban J connectivity index is 2.67. The first-order valence-corrected chi connectivity index (χ1v) is 5.98. The Morgan fingerprint density at radius 3 is 2.61 bits per heavy atom. The number of Topliss-reactive ketones (excluding diaryl/α,β-unsaturated/α-hetero) is 1. The number of ketones is 1. The molecule has 2 nitrogen and oxygen atoms in total. The summed E-state index contributed by atoms with van der Waals surface area (Å²) >= 11 is 0. The van der Waals surface area contributed by atoms with Gasteiger partial charge < -0.3 is 5.32 Å². The Morgan fingerprint density at radius 1 is 1.33 bits per heavy atom. The van der Waals surface area contributed by atoms with Gasteiger partial charge in [-0.15, -0.1) is 0 Å². The fourth-order valence-corrected chi connectivity index (χ4v) is 1.78. The van der Waals surface area contributed by atoms with Gasteiger partial charge in [0.15, 0.2) is 0 Å². The number of nitrogens with one attached hydrogen (secondary N) is 1. The highest BCUT2D eigenvalue weighted by atomic mass is 19.1. The van der Waals surface area contributed by atoms with E-state index in [4.69, 9.17) is 0 Å². The van der Waals surface area contributed by atoms with Gasteiger partial charge in [0.25, 0.3) is 0 Å². The molecular formula is C14H19F2NO. The van der Waals surface area contributed by atoms with Gasteiger partial charge >= 0.3 is 0 Å². The molecule has 0 heterocycles. The lowest BCUT2D eigenvalue weighted by Crippen LogP contribution is -2.34. The highest BCUT2D eigenvalue weighted by molar-refractivity contribution is 5.75. The van der Waals surface area contributed by atoms with Crippen LogP contribution in [0.3, 0.4) is 0 Å². The molecule has 100 valence electrons. The summed E-state index contributed by atoms with van der Waals surface area (Å²) in [5, 5.41) is 3.09. The van der Waals surface area contributed by atoms with Crippen molar-refractivity contribution in [3.8, 4) is 0 Å². The number of benzene rings is 1. The van der Waals surface area contributed by atoms with Crippen LogP contribution in [-0.4, -0.2) is 18.9 Å². The third kappa shape index (κ3) is 4.18. The van der Waals surface area contributed by atoms with Gasteiger partial charge in [0.05, 0.1) is 0 Å². The van der Waals surface area contributed by atoms with Crippen LogP contribution < -0.4 is 5.32 Å². The van der Waals surface area contributed by atoms with Crippen LogP contribution in [-0.2, 0) is 10.2 Å². The van der Waals surface area contributed by atoms with Crippen molar-refractivity contribution in [3.05, 3.63) is 35.4 Å². The molecule has 1 rings (SSSR count). The van der Waals surface area contributed by atoms with Crippen LogP contribution in [0.1, 0.15) is 32.8 Å². The summed E-state index contributed by atoms with van der Waals surface area (Å²) in [5.74, 6) is -0.741. The van der Waals surface area contributed by atoms with E-state index in [0.717, 1.165) is 12.1 Å². The standard InChI is InChI=1S/C14H19F2NO/c1-10(18)6-7-17-9-14(2,3)12-8-11(15)4-5-13(12)16/h4-5,8,17H,6-7,9H2,1-3H3. The van der Waals surface area contributed by atoms with Crippen LogP contribution in [0.5, 0.6) is 0 Å². The largest absolute Gasteiger partial charge is 0.315 e. The lowest BCUT2D eigenvalue weighted by molar-refractivity contribution is -0.116. The van der Waals surface area contributed by atoms with E-state index < -0.39 is 17.0 Å². The molecule has 1 N–H and O–H groups in total. The molecule has 4 heteroatoms. The maximum absolute atomic E-state index is 13.7. The minimum atomic E-state index is -0.525. The number of halogens is 2. The molecule has 0 aliphatic rings. The van der Waals surface area contributed by atoms with Gasteiger partial charge in [0.1, 0.15) is 17.4 Å². The number of carbonyl (C=O) groups excluding carboxylic acids is 1. The van der Waals surface area contributed by atoms with Crippen molar-refractivity contribution in [2.75, 3.05) is 13.1 Å². The fourth-order valence-electron chi connectivity index (χ4n) is 1.78. The second-order valence-electron chi connectivity index (χ2n) is 5.14. The first-order valence-electron chi connectivity index (χ1n) is 5.98. The maximum atomic E-state index is 13.7. The molecule has 0 amide bonds. The molecule has 0 unspecified atom stereocenters. The van der Waals surface area contributed by atoms with Crippen molar-refractivity contribution >= 4 is 5.78 Å². The molecule has 0 spiro atoms. The van der Waals surface area contributed by atoms with E-state index >= 15 is 0 Å². The highest BCUT2D eigenvalue weighted by Gasteiger charge is 2.24. The van der Waals surface area contributed by atoms with Crippen molar-refractivity contribution in [3.63, 3.8) is 0 Å². The van der Waals surface area contributed by atoms with Gasteiger partial charge in [-0.2, -0.15) is 0 Å². The van der Waals surface area contributed by atoms with Gasteiger partial charge in [-0.1, -0.05) is 13.8 Å². The maximum Gasteiger partial charge on any atom is 0.131 e.